The maximum atomic E-state index is 12.1. The van der Waals surface area contributed by atoms with E-state index in [1.54, 1.807) is 0 Å². The molecule has 0 unspecified atom stereocenters. The van der Waals surface area contributed by atoms with Crippen LogP contribution in [-0.4, -0.2) is 17.5 Å². The van der Waals surface area contributed by atoms with E-state index in [0.29, 0.717) is 25.5 Å². The first-order valence-corrected chi connectivity index (χ1v) is 13.0. The molecule has 0 aliphatic heterocycles. The third-order valence-corrected chi connectivity index (χ3v) is 6.56. The number of aromatic nitrogens is 1. The van der Waals surface area contributed by atoms with Gasteiger partial charge in [0.25, 0.3) is 0 Å². The Balaban J connectivity index is 1.24. The molecular formula is C30H31N3O2S. The molecule has 0 atom stereocenters. The Hall–Kier alpha value is -3.61. The first kappa shape index (κ1) is 25.5. The molecule has 1 amide bonds. The summed E-state index contributed by atoms with van der Waals surface area (Å²) in [4.78, 5) is 17.9. The van der Waals surface area contributed by atoms with Crippen LogP contribution in [0.5, 0.6) is 5.88 Å². The van der Waals surface area contributed by atoms with Gasteiger partial charge in [-0.25, -0.2) is 4.98 Å². The van der Waals surface area contributed by atoms with Gasteiger partial charge in [-0.1, -0.05) is 72.8 Å². The Bertz CT molecular complexity index is 1170. The van der Waals surface area contributed by atoms with Crippen molar-refractivity contribution in [3.8, 4) is 28.3 Å². The maximum absolute atomic E-state index is 12.1. The van der Waals surface area contributed by atoms with Crippen molar-refractivity contribution in [1.82, 2.24) is 9.71 Å². The third-order valence-electron chi connectivity index (χ3n) is 5.72. The average molecular weight is 498 g/mol. The molecule has 36 heavy (non-hydrogen) atoms. The van der Waals surface area contributed by atoms with Gasteiger partial charge in [-0.05, 0) is 66.1 Å². The molecule has 0 aliphatic carbocycles. The smallest absolute Gasteiger partial charge is 0.230 e. The topological polar surface area (TPSA) is 77.2 Å². The van der Waals surface area contributed by atoms with E-state index < -0.39 is 0 Å². The van der Waals surface area contributed by atoms with E-state index in [0.717, 1.165) is 52.1 Å². The van der Waals surface area contributed by atoms with E-state index in [1.165, 1.54) is 11.9 Å². The highest BCUT2D eigenvalue weighted by Gasteiger charge is 2.08. The average Bonchev–Trinajstić information content (AvgIpc) is 2.95. The Morgan fingerprint density at radius 1 is 0.806 bits per heavy atom. The largest absolute Gasteiger partial charge is 0.478 e. The number of pyridine rings is 1. The van der Waals surface area contributed by atoms with Crippen LogP contribution in [0, 0.1) is 0 Å². The van der Waals surface area contributed by atoms with Crippen molar-refractivity contribution in [1.29, 1.82) is 0 Å². The number of nitrogens with zero attached hydrogens (tertiary/aromatic N) is 1. The first-order valence-electron chi connectivity index (χ1n) is 12.2. The number of benzene rings is 3. The summed E-state index contributed by atoms with van der Waals surface area (Å²) in [6, 6.07) is 32.4. The lowest BCUT2D eigenvalue weighted by Gasteiger charge is -2.11. The fourth-order valence-electron chi connectivity index (χ4n) is 3.73. The first-order chi connectivity index (χ1) is 17.7. The van der Waals surface area contributed by atoms with E-state index in [4.69, 9.17) is 15.5 Å². The van der Waals surface area contributed by atoms with Crippen molar-refractivity contribution in [2.24, 2.45) is 5.73 Å². The molecule has 5 nitrogen and oxygen atoms in total. The summed E-state index contributed by atoms with van der Waals surface area (Å²) < 4.78 is 8.94. The van der Waals surface area contributed by atoms with Gasteiger partial charge >= 0.3 is 0 Å². The lowest BCUT2D eigenvalue weighted by molar-refractivity contribution is -0.119. The Morgan fingerprint density at radius 2 is 1.50 bits per heavy atom. The number of ether oxygens (including phenoxy) is 1. The van der Waals surface area contributed by atoms with Crippen LogP contribution >= 0.6 is 11.9 Å². The fraction of sp³-hybridized carbons (Fsp3) is 0.200. The number of hydrogen-bond acceptors (Lipinski definition) is 5. The molecule has 6 heteroatoms. The minimum atomic E-state index is 0.0357. The second kappa shape index (κ2) is 13.5. The van der Waals surface area contributed by atoms with Crippen molar-refractivity contribution >= 4 is 17.9 Å². The van der Waals surface area contributed by atoms with E-state index in [-0.39, 0.29) is 5.91 Å². The molecular weight excluding hydrogens is 466 g/mol. The quantitative estimate of drug-likeness (QED) is 0.170. The Kier molecular flexibility index (Phi) is 9.54. The molecule has 3 N–H and O–H groups in total. The van der Waals surface area contributed by atoms with Gasteiger partial charge in [0.2, 0.25) is 11.8 Å². The number of carbonyl (C=O) groups is 1. The molecule has 1 heterocycles. The van der Waals surface area contributed by atoms with E-state index >= 15 is 0 Å². The normalized spacial score (nSPS) is 10.7. The molecule has 4 aromatic rings. The fourth-order valence-corrected chi connectivity index (χ4v) is 4.34. The van der Waals surface area contributed by atoms with Crippen LogP contribution in [0.3, 0.4) is 0 Å². The highest BCUT2D eigenvalue weighted by atomic mass is 32.2. The van der Waals surface area contributed by atoms with Crippen LogP contribution in [0.2, 0.25) is 0 Å². The minimum absolute atomic E-state index is 0.0357. The minimum Gasteiger partial charge on any atom is -0.478 e. The number of hydrogen-bond donors (Lipinski definition) is 2. The Morgan fingerprint density at radius 3 is 2.19 bits per heavy atom. The molecule has 0 spiro atoms. The van der Waals surface area contributed by atoms with Crippen molar-refractivity contribution < 1.29 is 9.53 Å². The SMILES string of the molecule is NCc1ccc(SNC(=O)CCCCCOc2cc(-c3ccccc3)cc(-c3ccccc3)n2)cc1. The molecule has 0 saturated carbocycles. The lowest BCUT2D eigenvalue weighted by atomic mass is 10.0. The Labute approximate surface area is 217 Å². The zero-order chi connectivity index (χ0) is 25.0. The summed E-state index contributed by atoms with van der Waals surface area (Å²) in [6.07, 6.45) is 3.08. The van der Waals surface area contributed by atoms with Crippen molar-refractivity contribution in [2.75, 3.05) is 6.61 Å². The monoisotopic (exact) mass is 497 g/mol. The summed E-state index contributed by atoms with van der Waals surface area (Å²) in [7, 11) is 0. The number of nitrogens with one attached hydrogen (secondary N) is 1. The van der Waals surface area contributed by atoms with Crippen molar-refractivity contribution in [3.05, 3.63) is 103 Å². The van der Waals surface area contributed by atoms with Gasteiger partial charge < -0.3 is 10.5 Å². The van der Waals surface area contributed by atoms with Crippen LogP contribution in [0.1, 0.15) is 31.2 Å². The third kappa shape index (κ3) is 7.70. The van der Waals surface area contributed by atoms with Gasteiger partial charge in [0.15, 0.2) is 0 Å². The number of carbonyl (C=O) groups excluding carboxylic acids is 1. The number of unbranched alkanes of at least 4 members (excludes halogenated alkanes) is 2. The lowest BCUT2D eigenvalue weighted by Crippen LogP contribution is -2.15. The highest BCUT2D eigenvalue weighted by Crippen LogP contribution is 2.28. The zero-order valence-electron chi connectivity index (χ0n) is 20.2. The van der Waals surface area contributed by atoms with Crippen molar-refractivity contribution in [3.63, 3.8) is 0 Å². The van der Waals surface area contributed by atoms with Gasteiger partial charge in [0.1, 0.15) is 0 Å². The molecule has 0 fully saturated rings. The molecule has 0 aliphatic rings. The van der Waals surface area contributed by atoms with Crippen LogP contribution in [0.4, 0.5) is 0 Å². The highest BCUT2D eigenvalue weighted by molar-refractivity contribution is 7.98. The van der Waals surface area contributed by atoms with Gasteiger partial charge in [-0.3, -0.25) is 9.52 Å². The summed E-state index contributed by atoms with van der Waals surface area (Å²) in [5.41, 5.74) is 10.8. The van der Waals surface area contributed by atoms with Gasteiger partial charge in [-0.2, -0.15) is 0 Å². The molecule has 184 valence electrons. The summed E-state index contributed by atoms with van der Waals surface area (Å²) in [6.45, 7) is 1.08. The predicted octanol–water partition coefficient (Wildman–Crippen LogP) is 6.64. The van der Waals surface area contributed by atoms with Gasteiger partial charge in [-0.15, -0.1) is 0 Å². The standard InChI is InChI=1S/C30H31N3O2S/c31-22-23-15-17-27(18-16-23)36-33-29(34)14-8-3-9-19-35-30-21-26(24-10-4-1-5-11-24)20-28(32-30)25-12-6-2-7-13-25/h1-2,4-7,10-13,15-18,20-21H,3,8-9,14,19,22,31H2,(H,33,34). The second-order valence-electron chi connectivity index (χ2n) is 8.45. The van der Waals surface area contributed by atoms with Crippen LogP contribution in [-0.2, 0) is 11.3 Å². The van der Waals surface area contributed by atoms with E-state index in [2.05, 4.69) is 35.1 Å². The molecule has 3 aromatic carbocycles. The predicted molar refractivity (Wildman–Crippen MR) is 147 cm³/mol. The van der Waals surface area contributed by atoms with Gasteiger partial charge in [0, 0.05) is 29.5 Å². The number of nitrogens with two attached hydrogens (primary N) is 1. The second-order valence-corrected chi connectivity index (χ2v) is 9.33. The molecule has 4 rings (SSSR count). The van der Waals surface area contributed by atoms with Crippen molar-refractivity contribution in [2.45, 2.75) is 37.1 Å². The van der Waals surface area contributed by atoms with Crippen LogP contribution in [0.25, 0.3) is 22.4 Å². The zero-order valence-corrected chi connectivity index (χ0v) is 21.0. The summed E-state index contributed by atoms with van der Waals surface area (Å²) in [5.74, 6) is 0.651. The summed E-state index contributed by atoms with van der Waals surface area (Å²) >= 11 is 1.34. The summed E-state index contributed by atoms with van der Waals surface area (Å²) in [5, 5.41) is 0. The van der Waals surface area contributed by atoms with E-state index in [9.17, 15) is 4.79 Å². The number of amides is 1. The number of rotatable bonds is 12. The van der Waals surface area contributed by atoms with Crippen LogP contribution < -0.4 is 15.2 Å². The maximum Gasteiger partial charge on any atom is 0.230 e. The molecule has 0 saturated heterocycles. The van der Waals surface area contributed by atoms with Gasteiger partial charge in [0.05, 0.1) is 12.3 Å². The van der Waals surface area contributed by atoms with E-state index in [1.807, 2.05) is 66.7 Å². The molecule has 0 radical (unpaired) electrons. The molecule has 1 aromatic heterocycles. The van der Waals surface area contributed by atoms with Crippen LogP contribution in [0.15, 0.2) is 102 Å². The molecule has 0 bridgehead atoms.